The van der Waals surface area contributed by atoms with Gasteiger partial charge in [0.1, 0.15) is 10.3 Å². The number of aromatic amines is 1. The smallest absolute Gasteiger partial charge is 0.162 e. The van der Waals surface area contributed by atoms with E-state index in [2.05, 4.69) is 25.9 Å². The molecule has 0 aliphatic heterocycles. The molecule has 0 saturated heterocycles. The third-order valence-corrected chi connectivity index (χ3v) is 2.33. The van der Waals surface area contributed by atoms with Gasteiger partial charge in [-0.25, -0.2) is 4.98 Å². The summed E-state index contributed by atoms with van der Waals surface area (Å²) in [5.74, 6) is 0.0513. The minimum absolute atomic E-state index is 0.0513. The van der Waals surface area contributed by atoms with Crippen LogP contribution in [0.3, 0.4) is 0 Å². The molecule has 0 aliphatic rings. The van der Waals surface area contributed by atoms with Crippen molar-refractivity contribution in [3.05, 3.63) is 28.5 Å². The average Bonchev–Trinajstić information content (AvgIpc) is 2.46. The number of carbonyl (C=O) groups is 1. The SMILES string of the molecule is CC(=O)c1c[nH]c2nc(Br)ccc12. The van der Waals surface area contributed by atoms with Gasteiger partial charge in [0.25, 0.3) is 0 Å². The molecule has 0 bridgehead atoms. The first kappa shape index (κ1) is 8.44. The normalized spacial score (nSPS) is 10.6. The molecule has 0 amide bonds. The molecule has 1 N–H and O–H groups in total. The third kappa shape index (κ3) is 1.37. The summed E-state index contributed by atoms with van der Waals surface area (Å²) in [5, 5.41) is 0.871. The van der Waals surface area contributed by atoms with Crippen LogP contribution in [-0.2, 0) is 0 Å². The maximum absolute atomic E-state index is 11.1. The van der Waals surface area contributed by atoms with Gasteiger partial charge < -0.3 is 4.98 Å². The second kappa shape index (κ2) is 2.96. The molecule has 0 aliphatic carbocycles. The summed E-state index contributed by atoms with van der Waals surface area (Å²) in [6.45, 7) is 1.55. The van der Waals surface area contributed by atoms with Crippen molar-refractivity contribution in [2.75, 3.05) is 0 Å². The second-order valence-electron chi connectivity index (χ2n) is 2.79. The molecule has 0 radical (unpaired) electrons. The fraction of sp³-hybridized carbons (Fsp3) is 0.111. The Morgan fingerprint density at radius 3 is 3.00 bits per heavy atom. The van der Waals surface area contributed by atoms with E-state index in [0.717, 1.165) is 15.6 Å². The highest BCUT2D eigenvalue weighted by molar-refractivity contribution is 9.10. The van der Waals surface area contributed by atoms with Crippen molar-refractivity contribution in [1.29, 1.82) is 0 Å². The van der Waals surface area contributed by atoms with E-state index in [1.165, 1.54) is 0 Å². The van der Waals surface area contributed by atoms with Crippen molar-refractivity contribution in [3.8, 4) is 0 Å². The molecular formula is C9H7BrN2O. The van der Waals surface area contributed by atoms with Crippen LogP contribution in [-0.4, -0.2) is 15.8 Å². The van der Waals surface area contributed by atoms with Gasteiger partial charge in [0.2, 0.25) is 0 Å². The molecule has 0 unspecified atom stereocenters. The molecule has 0 atom stereocenters. The zero-order valence-electron chi connectivity index (χ0n) is 6.97. The van der Waals surface area contributed by atoms with E-state index in [-0.39, 0.29) is 5.78 Å². The quantitative estimate of drug-likeness (QED) is 0.613. The second-order valence-corrected chi connectivity index (χ2v) is 3.60. The van der Waals surface area contributed by atoms with Crippen LogP contribution in [0.4, 0.5) is 0 Å². The van der Waals surface area contributed by atoms with Crippen LogP contribution >= 0.6 is 15.9 Å². The highest BCUT2D eigenvalue weighted by atomic mass is 79.9. The Kier molecular flexibility index (Phi) is 1.92. The summed E-state index contributed by atoms with van der Waals surface area (Å²) >= 11 is 3.26. The maximum Gasteiger partial charge on any atom is 0.162 e. The van der Waals surface area contributed by atoms with Crippen molar-refractivity contribution in [1.82, 2.24) is 9.97 Å². The lowest BCUT2D eigenvalue weighted by atomic mass is 10.2. The molecule has 3 nitrogen and oxygen atoms in total. The molecule has 2 rings (SSSR count). The molecule has 0 spiro atoms. The van der Waals surface area contributed by atoms with Crippen LogP contribution in [0.5, 0.6) is 0 Å². The number of H-pyrrole nitrogens is 1. The maximum atomic E-state index is 11.1. The van der Waals surface area contributed by atoms with Crippen LogP contribution < -0.4 is 0 Å². The van der Waals surface area contributed by atoms with Gasteiger partial charge in [-0.3, -0.25) is 4.79 Å². The molecule has 13 heavy (non-hydrogen) atoms. The summed E-state index contributed by atoms with van der Waals surface area (Å²) in [6.07, 6.45) is 1.69. The average molecular weight is 239 g/mol. The van der Waals surface area contributed by atoms with Gasteiger partial charge in [0, 0.05) is 17.1 Å². The standard InChI is InChI=1S/C9H7BrN2O/c1-5(13)7-4-11-9-6(7)2-3-8(10)12-9/h2-4H,1H3,(H,11,12). The van der Waals surface area contributed by atoms with E-state index in [1.54, 1.807) is 13.1 Å². The van der Waals surface area contributed by atoms with Crippen LogP contribution in [0.25, 0.3) is 11.0 Å². The number of carbonyl (C=O) groups excluding carboxylic acids is 1. The van der Waals surface area contributed by atoms with Gasteiger partial charge in [-0.2, -0.15) is 0 Å². The molecule has 66 valence electrons. The van der Waals surface area contributed by atoms with E-state index in [0.29, 0.717) is 5.56 Å². The number of ketones is 1. The fourth-order valence-corrected chi connectivity index (χ4v) is 1.58. The monoisotopic (exact) mass is 238 g/mol. The molecular weight excluding hydrogens is 232 g/mol. The number of aromatic nitrogens is 2. The zero-order chi connectivity index (χ0) is 9.42. The Morgan fingerprint density at radius 2 is 2.31 bits per heavy atom. The van der Waals surface area contributed by atoms with Gasteiger partial charge in [0.05, 0.1) is 0 Å². The number of hydrogen-bond donors (Lipinski definition) is 1. The Morgan fingerprint density at radius 1 is 1.54 bits per heavy atom. The number of halogens is 1. The topological polar surface area (TPSA) is 45.8 Å². The Balaban J connectivity index is 2.76. The molecule has 0 fully saturated rings. The number of nitrogens with zero attached hydrogens (tertiary/aromatic N) is 1. The van der Waals surface area contributed by atoms with Crippen LogP contribution in [0.15, 0.2) is 22.9 Å². The number of pyridine rings is 1. The van der Waals surface area contributed by atoms with E-state index in [4.69, 9.17) is 0 Å². The largest absolute Gasteiger partial charge is 0.345 e. The van der Waals surface area contributed by atoms with Gasteiger partial charge >= 0.3 is 0 Å². The Labute approximate surface area is 83.3 Å². The lowest BCUT2D eigenvalue weighted by Gasteiger charge is -1.92. The number of rotatable bonds is 1. The van der Waals surface area contributed by atoms with Gasteiger partial charge in [-0.15, -0.1) is 0 Å². The number of fused-ring (bicyclic) bond motifs is 1. The highest BCUT2D eigenvalue weighted by Gasteiger charge is 2.07. The number of Topliss-reactive ketones (excluding diaryl/α,β-unsaturated/α-hetero) is 1. The zero-order valence-corrected chi connectivity index (χ0v) is 8.55. The molecule has 2 heterocycles. The van der Waals surface area contributed by atoms with Gasteiger partial charge in [0.15, 0.2) is 5.78 Å². The van der Waals surface area contributed by atoms with Crippen molar-refractivity contribution >= 4 is 32.7 Å². The predicted molar refractivity (Wildman–Crippen MR) is 53.8 cm³/mol. The Hall–Kier alpha value is -1.16. The van der Waals surface area contributed by atoms with Crippen LogP contribution in [0, 0.1) is 0 Å². The van der Waals surface area contributed by atoms with Gasteiger partial charge in [-0.05, 0) is 35.0 Å². The predicted octanol–water partition coefficient (Wildman–Crippen LogP) is 2.53. The van der Waals surface area contributed by atoms with Crippen molar-refractivity contribution in [3.63, 3.8) is 0 Å². The highest BCUT2D eigenvalue weighted by Crippen LogP contribution is 2.19. The lowest BCUT2D eigenvalue weighted by molar-refractivity contribution is 0.101. The molecule has 0 saturated carbocycles. The fourth-order valence-electron chi connectivity index (χ4n) is 1.27. The lowest BCUT2D eigenvalue weighted by Crippen LogP contribution is -1.88. The van der Waals surface area contributed by atoms with E-state index >= 15 is 0 Å². The minimum atomic E-state index is 0.0513. The molecule has 2 aromatic heterocycles. The summed E-state index contributed by atoms with van der Waals surface area (Å²) in [5.41, 5.74) is 1.43. The Bertz CT molecular complexity index is 475. The number of hydrogen-bond acceptors (Lipinski definition) is 2. The van der Waals surface area contributed by atoms with Crippen LogP contribution in [0.1, 0.15) is 17.3 Å². The summed E-state index contributed by atoms with van der Waals surface area (Å²) in [7, 11) is 0. The third-order valence-electron chi connectivity index (χ3n) is 1.88. The summed E-state index contributed by atoms with van der Waals surface area (Å²) in [6, 6.07) is 3.70. The van der Waals surface area contributed by atoms with Crippen LogP contribution in [0.2, 0.25) is 0 Å². The summed E-state index contributed by atoms with van der Waals surface area (Å²) in [4.78, 5) is 18.3. The molecule has 0 aromatic carbocycles. The minimum Gasteiger partial charge on any atom is -0.345 e. The first-order chi connectivity index (χ1) is 6.18. The molecule has 2 aromatic rings. The van der Waals surface area contributed by atoms with Gasteiger partial charge in [-0.1, -0.05) is 0 Å². The van der Waals surface area contributed by atoms with Crippen molar-refractivity contribution < 1.29 is 4.79 Å². The first-order valence-electron chi connectivity index (χ1n) is 3.83. The molecule has 4 heteroatoms. The van der Waals surface area contributed by atoms with E-state index in [9.17, 15) is 4.79 Å². The van der Waals surface area contributed by atoms with Crippen molar-refractivity contribution in [2.45, 2.75) is 6.92 Å². The van der Waals surface area contributed by atoms with Crippen molar-refractivity contribution in [2.24, 2.45) is 0 Å². The number of nitrogens with one attached hydrogen (secondary N) is 1. The summed E-state index contributed by atoms with van der Waals surface area (Å²) < 4.78 is 0.761. The van der Waals surface area contributed by atoms with E-state index in [1.807, 2.05) is 12.1 Å². The first-order valence-corrected chi connectivity index (χ1v) is 4.62. The van der Waals surface area contributed by atoms with E-state index < -0.39 is 0 Å².